The van der Waals surface area contributed by atoms with Crippen molar-refractivity contribution in [1.29, 1.82) is 0 Å². The van der Waals surface area contributed by atoms with Gasteiger partial charge in [0.1, 0.15) is 11.6 Å². The van der Waals surface area contributed by atoms with Gasteiger partial charge in [-0.2, -0.15) is 0 Å². The van der Waals surface area contributed by atoms with E-state index >= 15 is 0 Å². The summed E-state index contributed by atoms with van der Waals surface area (Å²) in [6, 6.07) is 8.00. The molecule has 1 N–H and O–H groups in total. The summed E-state index contributed by atoms with van der Waals surface area (Å²) in [5.74, 6) is 0.644. The van der Waals surface area contributed by atoms with Gasteiger partial charge in [0.15, 0.2) is 5.69 Å². The second-order valence-corrected chi connectivity index (χ2v) is 6.13. The lowest BCUT2D eigenvalue weighted by atomic mass is 10.1. The Labute approximate surface area is 134 Å². The van der Waals surface area contributed by atoms with Gasteiger partial charge in [0.25, 0.3) is 5.91 Å². The number of hydrogen-bond donors (Lipinski definition) is 1. The lowest BCUT2D eigenvalue weighted by molar-refractivity contribution is 0.0932. The van der Waals surface area contributed by atoms with E-state index in [0.717, 1.165) is 24.2 Å². The number of rotatable bonds is 6. The first kappa shape index (κ1) is 15.7. The number of nitrogens with zero attached hydrogens (tertiary/aromatic N) is 2. The van der Waals surface area contributed by atoms with Crippen molar-refractivity contribution in [3.8, 4) is 0 Å². The monoisotopic (exact) mass is 317 g/mol. The van der Waals surface area contributed by atoms with Crippen LogP contribution >= 0.6 is 0 Å². The fourth-order valence-electron chi connectivity index (χ4n) is 2.55. The van der Waals surface area contributed by atoms with E-state index in [1.165, 1.54) is 12.1 Å². The summed E-state index contributed by atoms with van der Waals surface area (Å²) < 4.78 is 18.6. The average molecular weight is 317 g/mol. The highest BCUT2D eigenvalue weighted by Crippen LogP contribution is 2.40. The van der Waals surface area contributed by atoms with Gasteiger partial charge in [-0.05, 0) is 44.6 Å². The largest absolute Gasteiger partial charge is 0.360 e. The summed E-state index contributed by atoms with van der Waals surface area (Å²) in [4.78, 5) is 14.1. The molecule has 1 saturated carbocycles. The van der Waals surface area contributed by atoms with E-state index in [9.17, 15) is 9.18 Å². The Hall–Kier alpha value is -2.21. The van der Waals surface area contributed by atoms with Crippen LogP contribution in [0.1, 0.15) is 46.6 Å². The van der Waals surface area contributed by atoms with Crippen molar-refractivity contribution in [3.05, 3.63) is 53.2 Å². The van der Waals surface area contributed by atoms with Gasteiger partial charge in [-0.15, -0.1) is 0 Å². The van der Waals surface area contributed by atoms with Crippen molar-refractivity contribution in [2.75, 3.05) is 20.6 Å². The van der Waals surface area contributed by atoms with Crippen LogP contribution in [0.25, 0.3) is 0 Å². The Morgan fingerprint density at radius 2 is 2.22 bits per heavy atom. The van der Waals surface area contributed by atoms with Crippen LogP contribution in [0.5, 0.6) is 0 Å². The van der Waals surface area contributed by atoms with E-state index in [4.69, 9.17) is 4.52 Å². The molecule has 0 saturated heterocycles. The van der Waals surface area contributed by atoms with Crippen LogP contribution in [0.15, 0.2) is 34.9 Å². The third kappa shape index (κ3) is 3.76. The second kappa shape index (κ2) is 6.50. The molecule has 2 aromatic rings. The molecule has 0 spiro atoms. The lowest BCUT2D eigenvalue weighted by Crippen LogP contribution is -2.34. The van der Waals surface area contributed by atoms with Gasteiger partial charge in [0, 0.05) is 18.5 Å². The molecule has 1 amide bonds. The number of aromatic nitrogens is 1. The molecule has 1 aromatic heterocycles. The molecule has 1 aliphatic carbocycles. The first-order chi connectivity index (χ1) is 11.0. The smallest absolute Gasteiger partial charge is 0.273 e. The predicted octanol–water partition coefficient (Wildman–Crippen LogP) is 2.72. The first-order valence-corrected chi connectivity index (χ1v) is 7.71. The van der Waals surface area contributed by atoms with Crippen LogP contribution in [-0.2, 0) is 0 Å². The van der Waals surface area contributed by atoms with Crippen molar-refractivity contribution in [3.63, 3.8) is 0 Å². The zero-order valence-electron chi connectivity index (χ0n) is 13.3. The van der Waals surface area contributed by atoms with Gasteiger partial charge in [-0.25, -0.2) is 4.39 Å². The number of benzene rings is 1. The second-order valence-electron chi connectivity index (χ2n) is 6.13. The molecular formula is C17H20FN3O2. The van der Waals surface area contributed by atoms with Crippen molar-refractivity contribution in [2.24, 2.45) is 0 Å². The minimum atomic E-state index is -0.286. The van der Waals surface area contributed by atoms with E-state index in [1.54, 1.807) is 12.1 Å². The van der Waals surface area contributed by atoms with Gasteiger partial charge in [0.05, 0.1) is 6.04 Å². The Bertz CT molecular complexity index is 695. The Morgan fingerprint density at radius 3 is 2.87 bits per heavy atom. The molecule has 122 valence electrons. The number of halogens is 1. The third-order valence-corrected chi connectivity index (χ3v) is 4.05. The standard InChI is InChI=1S/C17H20FN3O2/c1-21(2)15(12-4-3-5-13(18)8-12)10-19-17(22)14-9-16(23-20-14)11-6-7-11/h3-5,8-9,11,15H,6-7,10H2,1-2H3,(H,19,22). The molecule has 0 aliphatic heterocycles. The summed E-state index contributed by atoms with van der Waals surface area (Å²) in [5.41, 5.74) is 1.11. The van der Waals surface area contributed by atoms with Crippen LogP contribution in [-0.4, -0.2) is 36.6 Å². The van der Waals surface area contributed by atoms with E-state index in [0.29, 0.717) is 18.2 Å². The Kier molecular flexibility index (Phi) is 4.43. The van der Waals surface area contributed by atoms with Crippen LogP contribution in [0.3, 0.4) is 0 Å². The molecule has 23 heavy (non-hydrogen) atoms. The molecule has 6 heteroatoms. The lowest BCUT2D eigenvalue weighted by Gasteiger charge is -2.25. The van der Waals surface area contributed by atoms with Gasteiger partial charge in [-0.1, -0.05) is 17.3 Å². The van der Waals surface area contributed by atoms with Gasteiger partial charge in [0.2, 0.25) is 0 Å². The van der Waals surface area contributed by atoms with Gasteiger partial charge in [-0.3, -0.25) is 4.79 Å². The first-order valence-electron chi connectivity index (χ1n) is 7.71. The Balaban J connectivity index is 1.64. The minimum Gasteiger partial charge on any atom is -0.360 e. The highest BCUT2D eigenvalue weighted by atomic mass is 19.1. The maximum absolute atomic E-state index is 13.4. The number of carbonyl (C=O) groups excluding carboxylic acids is 1. The van der Waals surface area contributed by atoms with E-state index in [2.05, 4.69) is 10.5 Å². The average Bonchev–Trinajstić information content (AvgIpc) is 3.24. The third-order valence-electron chi connectivity index (χ3n) is 4.05. The summed E-state index contributed by atoms with van der Waals surface area (Å²) >= 11 is 0. The molecular weight excluding hydrogens is 297 g/mol. The highest BCUT2D eigenvalue weighted by molar-refractivity contribution is 5.92. The summed E-state index contributed by atoms with van der Waals surface area (Å²) in [6.45, 7) is 0.362. The predicted molar refractivity (Wildman–Crippen MR) is 83.6 cm³/mol. The molecule has 1 unspecified atom stereocenters. The Morgan fingerprint density at radius 1 is 1.43 bits per heavy atom. The fourth-order valence-corrected chi connectivity index (χ4v) is 2.55. The molecule has 0 bridgehead atoms. The van der Waals surface area contributed by atoms with Crippen molar-refractivity contribution >= 4 is 5.91 Å². The molecule has 0 radical (unpaired) electrons. The van der Waals surface area contributed by atoms with E-state index < -0.39 is 0 Å². The normalized spacial score (nSPS) is 15.7. The van der Waals surface area contributed by atoms with Gasteiger partial charge < -0.3 is 14.7 Å². The molecule has 1 fully saturated rings. The van der Waals surface area contributed by atoms with Gasteiger partial charge >= 0.3 is 0 Å². The van der Waals surface area contributed by atoms with Crippen LogP contribution < -0.4 is 5.32 Å². The molecule has 1 aromatic carbocycles. The topological polar surface area (TPSA) is 58.4 Å². The number of hydrogen-bond acceptors (Lipinski definition) is 4. The highest BCUT2D eigenvalue weighted by Gasteiger charge is 2.29. The quantitative estimate of drug-likeness (QED) is 0.890. The van der Waals surface area contributed by atoms with E-state index in [-0.39, 0.29) is 17.8 Å². The van der Waals surface area contributed by atoms with Crippen molar-refractivity contribution in [2.45, 2.75) is 24.8 Å². The number of likely N-dealkylation sites (N-methyl/N-ethyl adjacent to an activating group) is 1. The molecule has 1 atom stereocenters. The van der Waals surface area contributed by atoms with Crippen LogP contribution in [0, 0.1) is 5.82 Å². The summed E-state index contributed by atoms with van der Waals surface area (Å²) in [5, 5.41) is 6.67. The van der Waals surface area contributed by atoms with Crippen molar-refractivity contribution in [1.82, 2.24) is 15.4 Å². The number of nitrogens with one attached hydrogen (secondary N) is 1. The zero-order valence-corrected chi connectivity index (χ0v) is 13.3. The number of amides is 1. The number of carbonyl (C=O) groups is 1. The van der Waals surface area contributed by atoms with E-state index in [1.807, 2.05) is 25.1 Å². The SMILES string of the molecule is CN(C)C(CNC(=O)c1cc(C2CC2)on1)c1cccc(F)c1. The van der Waals surface area contributed by atoms with Crippen LogP contribution in [0.2, 0.25) is 0 Å². The molecule has 1 aliphatic rings. The molecule has 5 nitrogen and oxygen atoms in total. The summed E-state index contributed by atoms with van der Waals surface area (Å²) in [6.07, 6.45) is 2.19. The molecule has 1 heterocycles. The minimum absolute atomic E-state index is 0.121. The van der Waals surface area contributed by atoms with Crippen LogP contribution in [0.4, 0.5) is 4.39 Å². The fraction of sp³-hybridized carbons (Fsp3) is 0.412. The zero-order chi connectivity index (χ0) is 16.4. The van der Waals surface area contributed by atoms with Crippen molar-refractivity contribution < 1.29 is 13.7 Å². The maximum Gasteiger partial charge on any atom is 0.273 e. The summed E-state index contributed by atoms with van der Waals surface area (Å²) in [7, 11) is 3.78. The maximum atomic E-state index is 13.4. The molecule has 3 rings (SSSR count).